The van der Waals surface area contributed by atoms with Crippen LogP contribution in [0.25, 0.3) is 0 Å². The second kappa shape index (κ2) is 12.1. The van der Waals surface area contributed by atoms with Crippen molar-refractivity contribution < 1.29 is 19.8 Å². The fourth-order valence-electron chi connectivity index (χ4n) is 2.57. The molecule has 2 N–H and O–H groups in total. The Morgan fingerprint density at radius 2 is 1.64 bits per heavy atom. The zero-order valence-corrected chi connectivity index (χ0v) is 16.6. The van der Waals surface area contributed by atoms with Crippen LogP contribution in [0.5, 0.6) is 0 Å². The third-order valence-corrected chi connectivity index (χ3v) is 4.72. The molecule has 0 radical (unpaired) electrons. The summed E-state index contributed by atoms with van der Waals surface area (Å²) in [4.78, 5) is 27.5. The van der Waals surface area contributed by atoms with Gasteiger partial charge in [-0.1, -0.05) is 20.8 Å². The van der Waals surface area contributed by atoms with Crippen LogP contribution in [0.3, 0.4) is 0 Å². The van der Waals surface area contributed by atoms with Crippen molar-refractivity contribution in [3.05, 3.63) is 11.3 Å². The highest BCUT2D eigenvalue weighted by Gasteiger charge is 2.24. The average molecular weight is 354 g/mol. The maximum atomic E-state index is 12.1. The van der Waals surface area contributed by atoms with Gasteiger partial charge in [0.15, 0.2) is 5.78 Å². The van der Waals surface area contributed by atoms with Gasteiger partial charge in [-0.15, -0.1) is 0 Å². The van der Waals surface area contributed by atoms with Gasteiger partial charge in [0, 0.05) is 25.7 Å². The molecule has 0 spiro atoms. The van der Waals surface area contributed by atoms with E-state index in [2.05, 4.69) is 4.99 Å². The number of nitrogens with zero attached hydrogens (tertiary/aromatic N) is 1. The van der Waals surface area contributed by atoms with Crippen LogP contribution in [0.4, 0.5) is 0 Å². The predicted octanol–water partition coefficient (Wildman–Crippen LogP) is 3.33. The van der Waals surface area contributed by atoms with E-state index in [1.807, 2.05) is 34.6 Å². The highest BCUT2D eigenvalue weighted by Crippen LogP contribution is 2.23. The Labute approximate surface area is 152 Å². The summed E-state index contributed by atoms with van der Waals surface area (Å²) in [7, 11) is 0. The van der Waals surface area contributed by atoms with Crippen LogP contribution in [-0.4, -0.2) is 40.7 Å². The second-order valence-corrected chi connectivity index (χ2v) is 7.35. The number of allylic oxidation sites excluding steroid dienone is 2. The molecule has 0 aromatic rings. The number of hydrogen-bond donors (Lipinski definition) is 2. The van der Waals surface area contributed by atoms with Crippen molar-refractivity contribution in [3.63, 3.8) is 0 Å². The van der Waals surface area contributed by atoms with E-state index in [1.165, 1.54) is 6.92 Å². The van der Waals surface area contributed by atoms with Crippen molar-refractivity contribution in [1.82, 2.24) is 0 Å². The van der Waals surface area contributed by atoms with Crippen LogP contribution in [0.1, 0.15) is 67.2 Å². The normalized spacial score (nSPS) is 16.3. The lowest BCUT2D eigenvalue weighted by atomic mass is 9.83. The molecule has 25 heavy (non-hydrogen) atoms. The first-order valence-corrected chi connectivity index (χ1v) is 9.13. The summed E-state index contributed by atoms with van der Waals surface area (Å²) in [5.74, 6) is 0.0594. The summed E-state index contributed by atoms with van der Waals surface area (Å²) in [6.07, 6.45) is 3.10. The largest absolute Gasteiger partial charge is 0.396 e. The van der Waals surface area contributed by atoms with E-state index in [0.717, 1.165) is 12.0 Å². The van der Waals surface area contributed by atoms with Gasteiger partial charge in [0.25, 0.3) is 0 Å². The van der Waals surface area contributed by atoms with Crippen molar-refractivity contribution >= 4 is 17.8 Å². The summed E-state index contributed by atoms with van der Waals surface area (Å²) in [6.45, 7) is 11.1. The number of aliphatic hydroxyl groups excluding tert-OH is 2. The van der Waals surface area contributed by atoms with Gasteiger partial charge in [-0.05, 0) is 56.9 Å². The van der Waals surface area contributed by atoms with Gasteiger partial charge in [0.1, 0.15) is 11.5 Å². The predicted molar refractivity (Wildman–Crippen MR) is 102 cm³/mol. The first kappa shape index (κ1) is 23.7. The topological polar surface area (TPSA) is 87.0 Å². The van der Waals surface area contributed by atoms with E-state index < -0.39 is 6.10 Å². The van der Waals surface area contributed by atoms with Crippen LogP contribution >= 0.6 is 0 Å². The molecule has 0 aliphatic rings. The molecule has 0 aliphatic heterocycles. The van der Waals surface area contributed by atoms with E-state index in [-0.39, 0.29) is 48.8 Å². The maximum absolute atomic E-state index is 12.1. The summed E-state index contributed by atoms with van der Waals surface area (Å²) < 4.78 is 0. The average Bonchev–Trinajstić information content (AvgIpc) is 2.56. The molecule has 0 fully saturated rings. The molecule has 5 heteroatoms. The van der Waals surface area contributed by atoms with Gasteiger partial charge < -0.3 is 15.0 Å². The molecule has 144 valence electrons. The monoisotopic (exact) mass is 353 g/mol. The summed E-state index contributed by atoms with van der Waals surface area (Å²) >= 11 is 0. The lowest BCUT2D eigenvalue weighted by molar-refractivity contribution is -0.121. The Kier molecular flexibility index (Phi) is 11.4. The van der Waals surface area contributed by atoms with Crippen LogP contribution in [0.2, 0.25) is 0 Å². The molecule has 0 rings (SSSR count). The number of hydrogen-bond acceptors (Lipinski definition) is 5. The first-order valence-electron chi connectivity index (χ1n) is 9.13. The molecule has 0 aromatic heterocycles. The fourth-order valence-corrected chi connectivity index (χ4v) is 2.57. The molecule has 0 aliphatic carbocycles. The molecule has 0 aromatic carbocycles. The minimum Gasteiger partial charge on any atom is -0.396 e. The zero-order valence-electron chi connectivity index (χ0n) is 16.6. The van der Waals surface area contributed by atoms with Gasteiger partial charge in [-0.2, -0.15) is 0 Å². The third kappa shape index (κ3) is 9.07. The van der Waals surface area contributed by atoms with Gasteiger partial charge >= 0.3 is 0 Å². The standard InChI is InChI=1S/C20H35NO4/c1-13(2)19(18(24)10-9-16(5)23)21-11-7-8-14(3)20(25)17(6)15(4)12-22/h11,14-15,17,20,22,25H,7-10,12H2,1-6H3/t14-,15+,17+,20-/m0/s1. The van der Waals surface area contributed by atoms with Crippen LogP contribution in [-0.2, 0) is 9.59 Å². The lowest BCUT2D eigenvalue weighted by Crippen LogP contribution is -2.31. The summed E-state index contributed by atoms with van der Waals surface area (Å²) in [5, 5.41) is 19.5. The highest BCUT2D eigenvalue weighted by atomic mass is 16.3. The Morgan fingerprint density at radius 3 is 2.12 bits per heavy atom. The lowest BCUT2D eigenvalue weighted by Gasteiger charge is -2.28. The van der Waals surface area contributed by atoms with Crippen molar-refractivity contribution in [2.24, 2.45) is 22.7 Å². The van der Waals surface area contributed by atoms with E-state index in [4.69, 9.17) is 0 Å². The van der Waals surface area contributed by atoms with Gasteiger partial charge in [-0.25, -0.2) is 0 Å². The molecule has 0 saturated heterocycles. The minimum absolute atomic E-state index is 0.000486. The third-order valence-electron chi connectivity index (χ3n) is 4.72. The van der Waals surface area contributed by atoms with Crippen molar-refractivity contribution in [2.45, 2.75) is 73.3 Å². The Bertz CT molecular complexity index is 492. The summed E-state index contributed by atoms with van der Waals surface area (Å²) in [5.41, 5.74) is 1.26. The number of carbonyl (C=O) groups excluding carboxylic acids is 2. The number of aliphatic hydroxyl groups is 2. The van der Waals surface area contributed by atoms with E-state index in [9.17, 15) is 19.8 Å². The second-order valence-electron chi connectivity index (χ2n) is 7.35. The Balaban J connectivity index is 4.59. The SMILES string of the molecule is CC(=O)CCC(=O)C(N=CCC[C@H](C)[C@H](O)[C@H](C)[C@H](C)CO)=C(C)C. The van der Waals surface area contributed by atoms with E-state index in [0.29, 0.717) is 12.1 Å². The van der Waals surface area contributed by atoms with Crippen LogP contribution in [0, 0.1) is 17.8 Å². The van der Waals surface area contributed by atoms with Crippen LogP contribution < -0.4 is 0 Å². The summed E-state index contributed by atoms with van der Waals surface area (Å²) in [6, 6.07) is 0. The molecule has 0 heterocycles. The molecule has 4 atom stereocenters. The molecule has 0 saturated carbocycles. The Morgan fingerprint density at radius 1 is 1.04 bits per heavy atom. The highest BCUT2D eigenvalue weighted by molar-refractivity contribution is 5.98. The van der Waals surface area contributed by atoms with Gasteiger partial charge in [0.2, 0.25) is 0 Å². The molecule has 0 bridgehead atoms. The van der Waals surface area contributed by atoms with Gasteiger partial charge in [0.05, 0.1) is 6.10 Å². The quantitative estimate of drug-likeness (QED) is 0.416. The maximum Gasteiger partial charge on any atom is 0.181 e. The van der Waals surface area contributed by atoms with Crippen LogP contribution in [0.15, 0.2) is 16.3 Å². The Hall–Kier alpha value is -1.33. The van der Waals surface area contributed by atoms with Crippen molar-refractivity contribution in [1.29, 1.82) is 0 Å². The number of rotatable bonds is 12. The van der Waals surface area contributed by atoms with Crippen molar-refractivity contribution in [3.8, 4) is 0 Å². The van der Waals surface area contributed by atoms with Crippen molar-refractivity contribution in [2.75, 3.05) is 6.61 Å². The number of carbonyl (C=O) groups is 2. The molecule has 0 amide bonds. The molecular formula is C20H35NO4. The number of Topliss-reactive ketones (excluding diaryl/α,β-unsaturated/α-hetero) is 2. The fraction of sp³-hybridized carbons (Fsp3) is 0.750. The number of ketones is 2. The van der Waals surface area contributed by atoms with E-state index in [1.54, 1.807) is 6.21 Å². The smallest absolute Gasteiger partial charge is 0.181 e. The zero-order chi connectivity index (χ0) is 19.6. The molecule has 5 nitrogen and oxygen atoms in total. The van der Waals surface area contributed by atoms with E-state index >= 15 is 0 Å². The first-order chi connectivity index (χ1) is 11.6. The molecular weight excluding hydrogens is 318 g/mol. The van der Waals surface area contributed by atoms with Gasteiger partial charge in [-0.3, -0.25) is 9.79 Å². The number of aliphatic imine (C=N–C) groups is 1. The minimum atomic E-state index is -0.476. The molecule has 0 unspecified atom stereocenters.